The zero-order valence-corrected chi connectivity index (χ0v) is 8.41. The summed E-state index contributed by atoms with van der Waals surface area (Å²) in [7, 11) is 0. The fourth-order valence-electron chi connectivity index (χ4n) is 1.70. The van der Waals surface area contributed by atoms with Crippen LogP contribution >= 0.6 is 0 Å². The van der Waals surface area contributed by atoms with Crippen LogP contribution in [-0.2, 0) is 0 Å². The van der Waals surface area contributed by atoms with Gasteiger partial charge in [0.1, 0.15) is 0 Å². The van der Waals surface area contributed by atoms with Crippen molar-refractivity contribution in [2.75, 3.05) is 0 Å². The Labute approximate surface area is 93.3 Å². The Hall–Kier alpha value is -2.70. The lowest BCUT2D eigenvalue weighted by Gasteiger charge is -2.00. The van der Waals surface area contributed by atoms with Gasteiger partial charge in [0.2, 0.25) is 0 Å². The van der Waals surface area contributed by atoms with Crippen LogP contribution in [0.1, 0.15) is 10.4 Å². The van der Waals surface area contributed by atoms with Crippen LogP contribution in [-0.4, -0.2) is 30.7 Å². The maximum absolute atomic E-state index is 11.5. The van der Waals surface area contributed by atoms with Crippen molar-refractivity contribution in [3.05, 3.63) is 40.4 Å². The van der Waals surface area contributed by atoms with Crippen LogP contribution in [0.3, 0.4) is 0 Å². The smallest absolute Gasteiger partial charge is 0.348 e. The van der Waals surface area contributed by atoms with Gasteiger partial charge in [-0.05, 0) is 18.2 Å². The van der Waals surface area contributed by atoms with E-state index < -0.39 is 5.97 Å². The number of hydrogen-bond donors (Lipinski definition) is 2. The molecule has 0 amide bonds. The molecule has 0 atom stereocenters. The Morgan fingerprint density at radius 1 is 1.41 bits per heavy atom. The quantitative estimate of drug-likeness (QED) is 0.624. The number of benzene rings is 1. The second kappa shape index (κ2) is 3.14. The van der Waals surface area contributed by atoms with Crippen molar-refractivity contribution in [3.8, 4) is 0 Å². The largest absolute Gasteiger partial charge is 0.478 e. The molecule has 17 heavy (non-hydrogen) atoms. The van der Waals surface area contributed by atoms with E-state index in [0.717, 1.165) is 0 Å². The standard InChI is InChI=1S/C10H6N4O3/c15-9(16)5-1-2-7-6(3-5)11-4-8-12-13-10(17)14(7)8/h1-4H,(H,13,17)(H,15,16). The Balaban J connectivity index is 2.48. The van der Waals surface area contributed by atoms with Crippen molar-refractivity contribution < 1.29 is 9.90 Å². The van der Waals surface area contributed by atoms with E-state index in [-0.39, 0.29) is 11.3 Å². The molecule has 7 nitrogen and oxygen atoms in total. The molecular formula is C10H6N4O3. The first-order valence-corrected chi connectivity index (χ1v) is 4.76. The molecule has 0 aliphatic heterocycles. The van der Waals surface area contributed by atoms with Crippen LogP contribution in [0.5, 0.6) is 0 Å². The number of fused-ring (bicyclic) bond motifs is 3. The lowest BCUT2D eigenvalue weighted by atomic mass is 10.2. The average Bonchev–Trinajstić information content (AvgIpc) is 2.70. The third-order valence-corrected chi connectivity index (χ3v) is 2.48. The third kappa shape index (κ3) is 1.29. The lowest BCUT2D eigenvalue weighted by molar-refractivity contribution is 0.0697. The number of nitrogens with zero attached hydrogens (tertiary/aromatic N) is 3. The first-order chi connectivity index (χ1) is 8.16. The van der Waals surface area contributed by atoms with E-state index in [0.29, 0.717) is 16.7 Å². The zero-order chi connectivity index (χ0) is 12.0. The van der Waals surface area contributed by atoms with E-state index in [4.69, 9.17) is 5.11 Å². The summed E-state index contributed by atoms with van der Waals surface area (Å²) in [4.78, 5) is 26.4. The van der Waals surface area contributed by atoms with Gasteiger partial charge in [-0.25, -0.2) is 19.1 Å². The first kappa shape index (κ1) is 9.52. The van der Waals surface area contributed by atoms with Crippen LogP contribution in [0, 0.1) is 0 Å². The Morgan fingerprint density at radius 2 is 2.24 bits per heavy atom. The van der Waals surface area contributed by atoms with Crippen LogP contribution < -0.4 is 5.69 Å². The van der Waals surface area contributed by atoms with Crippen LogP contribution in [0.25, 0.3) is 16.7 Å². The van der Waals surface area contributed by atoms with Gasteiger partial charge in [-0.3, -0.25) is 4.98 Å². The van der Waals surface area contributed by atoms with Gasteiger partial charge in [-0.1, -0.05) is 0 Å². The van der Waals surface area contributed by atoms with E-state index in [2.05, 4.69) is 15.2 Å². The molecule has 0 bridgehead atoms. The number of hydrogen-bond acceptors (Lipinski definition) is 4. The summed E-state index contributed by atoms with van der Waals surface area (Å²) in [5.74, 6) is -1.03. The number of carbonyl (C=O) groups is 1. The molecule has 0 saturated carbocycles. The highest BCUT2D eigenvalue weighted by molar-refractivity contribution is 5.92. The predicted molar refractivity (Wildman–Crippen MR) is 58.1 cm³/mol. The topological polar surface area (TPSA) is 100 Å². The van der Waals surface area contributed by atoms with Crippen molar-refractivity contribution >= 4 is 22.6 Å². The minimum absolute atomic E-state index is 0.126. The summed E-state index contributed by atoms with van der Waals surface area (Å²) in [6, 6.07) is 4.37. The van der Waals surface area contributed by atoms with Crippen molar-refractivity contribution in [2.24, 2.45) is 0 Å². The maximum atomic E-state index is 11.5. The number of carboxylic acid groups (broad SMARTS) is 1. The zero-order valence-electron chi connectivity index (χ0n) is 8.41. The van der Waals surface area contributed by atoms with E-state index in [1.54, 1.807) is 0 Å². The molecular weight excluding hydrogens is 224 g/mol. The van der Waals surface area contributed by atoms with Gasteiger partial charge in [0.25, 0.3) is 0 Å². The van der Waals surface area contributed by atoms with Crippen LogP contribution in [0.2, 0.25) is 0 Å². The number of rotatable bonds is 1. The number of aromatic amines is 1. The van der Waals surface area contributed by atoms with Crippen LogP contribution in [0.4, 0.5) is 0 Å². The molecule has 7 heteroatoms. The lowest BCUT2D eigenvalue weighted by Crippen LogP contribution is -2.10. The Bertz CT molecular complexity index is 802. The molecule has 2 aromatic heterocycles. The van der Waals surface area contributed by atoms with Crippen molar-refractivity contribution in [1.29, 1.82) is 0 Å². The number of aromatic carboxylic acids is 1. The van der Waals surface area contributed by atoms with Crippen molar-refractivity contribution in [2.45, 2.75) is 0 Å². The molecule has 0 saturated heterocycles. The number of nitrogens with one attached hydrogen (secondary N) is 1. The summed E-state index contributed by atoms with van der Waals surface area (Å²) in [5.41, 5.74) is 1.09. The second-order valence-electron chi connectivity index (χ2n) is 3.49. The predicted octanol–water partition coefficient (Wildman–Crippen LogP) is 0.269. The molecule has 84 valence electrons. The SMILES string of the molecule is O=C(O)c1ccc2c(c1)ncc1n[nH]c(=O)n12. The van der Waals surface area contributed by atoms with E-state index >= 15 is 0 Å². The fraction of sp³-hybridized carbons (Fsp3) is 0. The second-order valence-corrected chi connectivity index (χ2v) is 3.49. The fourth-order valence-corrected chi connectivity index (χ4v) is 1.70. The molecule has 3 rings (SSSR count). The molecule has 0 spiro atoms. The molecule has 2 N–H and O–H groups in total. The van der Waals surface area contributed by atoms with Gasteiger partial charge in [-0.15, -0.1) is 0 Å². The Morgan fingerprint density at radius 3 is 3.00 bits per heavy atom. The molecule has 0 radical (unpaired) electrons. The summed E-state index contributed by atoms with van der Waals surface area (Å²) in [6.45, 7) is 0. The van der Waals surface area contributed by atoms with Gasteiger partial charge < -0.3 is 5.11 Å². The van der Waals surface area contributed by atoms with Gasteiger partial charge >= 0.3 is 11.7 Å². The Kier molecular flexibility index (Phi) is 1.76. The first-order valence-electron chi connectivity index (χ1n) is 4.76. The van der Waals surface area contributed by atoms with Gasteiger partial charge in [0, 0.05) is 0 Å². The number of H-pyrrole nitrogens is 1. The van der Waals surface area contributed by atoms with Crippen molar-refractivity contribution in [1.82, 2.24) is 19.6 Å². The molecule has 0 unspecified atom stereocenters. The van der Waals surface area contributed by atoms with Gasteiger partial charge in [0.15, 0.2) is 5.65 Å². The highest BCUT2D eigenvalue weighted by atomic mass is 16.4. The number of carboxylic acids is 1. The molecule has 0 aliphatic carbocycles. The summed E-state index contributed by atoms with van der Waals surface area (Å²) < 4.78 is 1.34. The summed E-state index contributed by atoms with van der Waals surface area (Å²) in [6.07, 6.45) is 1.41. The van der Waals surface area contributed by atoms with E-state index in [1.807, 2.05) is 0 Å². The van der Waals surface area contributed by atoms with Gasteiger partial charge in [-0.2, -0.15) is 5.10 Å². The van der Waals surface area contributed by atoms with Gasteiger partial charge in [0.05, 0.1) is 22.8 Å². The van der Waals surface area contributed by atoms with Crippen molar-refractivity contribution in [3.63, 3.8) is 0 Å². The highest BCUT2D eigenvalue weighted by Gasteiger charge is 2.09. The summed E-state index contributed by atoms with van der Waals surface area (Å²) in [5, 5.41) is 14.9. The number of aromatic nitrogens is 4. The normalized spacial score (nSPS) is 11.1. The minimum Gasteiger partial charge on any atom is -0.478 e. The monoisotopic (exact) mass is 230 g/mol. The summed E-state index contributed by atoms with van der Waals surface area (Å²) >= 11 is 0. The third-order valence-electron chi connectivity index (χ3n) is 2.48. The van der Waals surface area contributed by atoms with E-state index in [1.165, 1.54) is 28.8 Å². The minimum atomic E-state index is -1.03. The average molecular weight is 230 g/mol. The molecule has 2 heterocycles. The van der Waals surface area contributed by atoms with Crippen LogP contribution in [0.15, 0.2) is 29.2 Å². The molecule has 3 aromatic rings. The molecule has 0 aliphatic rings. The molecule has 1 aromatic carbocycles. The van der Waals surface area contributed by atoms with E-state index in [9.17, 15) is 9.59 Å². The highest BCUT2D eigenvalue weighted by Crippen LogP contribution is 2.13. The maximum Gasteiger partial charge on any atom is 0.348 e. The molecule has 0 fully saturated rings.